The molecule has 2 heterocycles. The van der Waals surface area contributed by atoms with Crippen LogP contribution in [-0.2, 0) is 16.0 Å². The summed E-state index contributed by atoms with van der Waals surface area (Å²) < 4.78 is 6.28. The smallest absolute Gasteiger partial charge is 0.240 e. The van der Waals surface area contributed by atoms with Gasteiger partial charge in [0.2, 0.25) is 5.91 Å². The van der Waals surface area contributed by atoms with Crippen LogP contribution >= 0.6 is 0 Å². The van der Waals surface area contributed by atoms with E-state index in [2.05, 4.69) is 24.4 Å². The Labute approximate surface area is 169 Å². The average Bonchev–Trinajstić information content (AvgIpc) is 2.96. The van der Waals surface area contributed by atoms with Gasteiger partial charge in [-0.3, -0.25) is 4.79 Å². The van der Waals surface area contributed by atoms with Crippen molar-refractivity contribution in [3.05, 3.63) is 29.8 Å². The molecule has 2 aliphatic heterocycles. The summed E-state index contributed by atoms with van der Waals surface area (Å²) in [7, 11) is -2.36. The molecule has 3 rings (SSSR count). The standard InChI is InChI=1S/C21H34N2O4Si/c1-15-18(27-19(9-12-24)21(15)28(2,3)26)8-7-16-5-4-6-17(13-16)23-11-10-22-14-20(23)25/h4-6,13,15,18-19,21-22,24,26H,7-12,14H2,1-3H3/t15-,18+,19-,21+/m1/s1. The molecule has 6 nitrogen and oxygen atoms in total. The number of rotatable bonds is 7. The van der Waals surface area contributed by atoms with Crippen molar-refractivity contribution >= 4 is 19.9 Å². The average molecular weight is 407 g/mol. The van der Waals surface area contributed by atoms with Crippen molar-refractivity contribution in [3.8, 4) is 0 Å². The van der Waals surface area contributed by atoms with Crippen molar-refractivity contribution in [1.29, 1.82) is 0 Å². The first-order chi connectivity index (χ1) is 13.3. The molecule has 7 heteroatoms. The van der Waals surface area contributed by atoms with Gasteiger partial charge in [0.1, 0.15) is 0 Å². The largest absolute Gasteiger partial charge is 0.432 e. The molecule has 0 unspecified atom stereocenters. The molecule has 0 radical (unpaired) electrons. The second kappa shape index (κ2) is 9.05. The normalized spacial score (nSPS) is 28.8. The Kier molecular flexibility index (Phi) is 6.93. The molecule has 4 atom stereocenters. The highest BCUT2D eigenvalue weighted by Gasteiger charge is 2.49. The third kappa shape index (κ3) is 4.83. The minimum atomic E-state index is -2.36. The van der Waals surface area contributed by atoms with Crippen LogP contribution in [0.3, 0.4) is 0 Å². The van der Waals surface area contributed by atoms with Gasteiger partial charge in [-0.1, -0.05) is 19.1 Å². The summed E-state index contributed by atoms with van der Waals surface area (Å²) in [5, 5.41) is 12.5. The van der Waals surface area contributed by atoms with Gasteiger partial charge >= 0.3 is 0 Å². The predicted molar refractivity (Wildman–Crippen MR) is 113 cm³/mol. The minimum Gasteiger partial charge on any atom is -0.432 e. The van der Waals surface area contributed by atoms with Crippen molar-refractivity contribution in [2.75, 3.05) is 31.1 Å². The molecule has 28 heavy (non-hydrogen) atoms. The number of piperazine rings is 1. The number of aliphatic hydroxyl groups excluding tert-OH is 1. The molecule has 3 N–H and O–H groups in total. The Balaban J connectivity index is 1.65. The number of nitrogens with zero attached hydrogens (tertiary/aromatic N) is 1. The summed E-state index contributed by atoms with van der Waals surface area (Å²) in [4.78, 5) is 24.7. The van der Waals surface area contributed by atoms with Crippen molar-refractivity contribution in [2.24, 2.45) is 5.92 Å². The van der Waals surface area contributed by atoms with E-state index in [0.29, 0.717) is 19.5 Å². The molecule has 0 saturated carbocycles. The van der Waals surface area contributed by atoms with E-state index < -0.39 is 8.32 Å². The van der Waals surface area contributed by atoms with Gasteiger partial charge in [-0.2, -0.15) is 0 Å². The minimum absolute atomic E-state index is 0.0542. The van der Waals surface area contributed by atoms with E-state index >= 15 is 0 Å². The maximum atomic E-state index is 12.1. The third-order valence-corrected chi connectivity index (χ3v) is 8.69. The summed E-state index contributed by atoms with van der Waals surface area (Å²) in [5.74, 6) is 0.391. The zero-order valence-electron chi connectivity index (χ0n) is 17.2. The number of aryl methyl sites for hydroxylation is 1. The van der Waals surface area contributed by atoms with Crippen molar-refractivity contribution in [3.63, 3.8) is 0 Å². The van der Waals surface area contributed by atoms with Gasteiger partial charge in [0.15, 0.2) is 8.32 Å². The highest BCUT2D eigenvalue weighted by Crippen LogP contribution is 2.45. The number of anilines is 1. The Morgan fingerprint density at radius 3 is 2.75 bits per heavy atom. The highest BCUT2D eigenvalue weighted by atomic mass is 28.4. The van der Waals surface area contributed by atoms with Crippen LogP contribution in [0.5, 0.6) is 0 Å². The molecule has 2 fully saturated rings. The zero-order valence-corrected chi connectivity index (χ0v) is 18.2. The number of ether oxygens (including phenoxy) is 1. The summed E-state index contributed by atoms with van der Waals surface area (Å²) in [6, 6.07) is 8.22. The van der Waals surface area contributed by atoms with Crippen LogP contribution < -0.4 is 10.2 Å². The monoisotopic (exact) mass is 406 g/mol. The van der Waals surface area contributed by atoms with E-state index in [-0.39, 0.29) is 36.2 Å². The molecule has 0 bridgehead atoms. The molecule has 0 aromatic heterocycles. The van der Waals surface area contributed by atoms with Gasteiger partial charge in [-0.25, -0.2) is 0 Å². The first-order valence-electron chi connectivity index (χ1n) is 10.4. The third-order valence-electron chi connectivity index (χ3n) is 6.16. The molecular weight excluding hydrogens is 372 g/mol. The van der Waals surface area contributed by atoms with E-state index in [9.17, 15) is 14.7 Å². The topological polar surface area (TPSA) is 82.0 Å². The van der Waals surface area contributed by atoms with Crippen LogP contribution in [-0.4, -0.2) is 62.6 Å². The fraction of sp³-hybridized carbons (Fsp3) is 0.667. The predicted octanol–water partition coefficient (Wildman–Crippen LogP) is 1.91. The number of hydrogen-bond donors (Lipinski definition) is 3. The number of carbonyl (C=O) groups is 1. The zero-order chi connectivity index (χ0) is 20.3. The number of carbonyl (C=O) groups excluding carboxylic acids is 1. The first kappa shape index (κ1) is 21.5. The van der Waals surface area contributed by atoms with Gasteiger partial charge in [0.05, 0.1) is 18.8 Å². The summed E-state index contributed by atoms with van der Waals surface area (Å²) in [6.07, 6.45) is 2.37. The molecule has 1 aromatic carbocycles. The number of nitrogens with one attached hydrogen (secondary N) is 1. The van der Waals surface area contributed by atoms with Gasteiger partial charge in [0.25, 0.3) is 0 Å². The maximum Gasteiger partial charge on any atom is 0.240 e. The lowest BCUT2D eigenvalue weighted by Crippen LogP contribution is -2.48. The molecular formula is C21H34N2O4Si. The fourth-order valence-corrected chi connectivity index (χ4v) is 7.53. The summed E-state index contributed by atoms with van der Waals surface area (Å²) in [5.41, 5.74) is 2.31. The van der Waals surface area contributed by atoms with Crippen LogP contribution in [0.2, 0.25) is 18.6 Å². The molecule has 1 amide bonds. The van der Waals surface area contributed by atoms with Crippen LogP contribution in [0.1, 0.15) is 25.3 Å². The van der Waals surface area contributed by atoms with Gasteiger partial charge in [-0.05, 0) is 56.0 Å². The Bertz CT molecular complexity index is 679. The Morgan fingerprint density at radius 1 is 1.29 bits per heavy atom. The van der Waals surface area contributed by atoms with Gasteiger partial charge in [0, 0.05) is 30.9 Å². The van der Waals surface area contributed by atoms with E-state index in [1.54, 1.807) is 0 Å². The fourth-order valence-electron chi connectivity index (χ4n) is 4.88. The van der Waals surface area contributed by atoms with E-state index in [4.69, 9.17) is 4.74 Å². The van der Waals surface area contributed by atoms with Gasteiger partial charge in [-0.15, -0.1) is 0 Å². The second-order valence-corrected chi connectivity index (χ2v) is 12.7. The van der Waals surface area contributed by atoms with Crippen molar-refractivity contribution in [1.82, 2.24) is 5.32 Å². The Morgan fingerprint density at radius 2 is 2.07 bits per heavy atom. The van der Waals surface area contributed by atoms with Gasteiger partial charge < -0.3 is 24.9 Å². The van der Waals surface area contributed by atoms with Crippen LogP contribution in [0, 0.1) is 5.92 Å². The lowest BCUT2D eigenvalue weighted by atomic mass is 9.95. The summed E-state index contributed by atoms with van der Waals surface area (Å²) >= 11 is 0. The van der Waals surface area contributed by atoms with E-state index in [0.717, 1.165) is 25.1 Å². The molecule has 2 saturated heterocycles. The van der Waals surface area contributed by atoms with Crippen molar-refractivity contribution in [2.45, 2.75) is 57.0 Å². The number of hydrogen-bond acceptors (Lipinski definition) is 5. The SMILES string of the molecule is C[C@H]1[C@H]([Si](C)(C)O)[C@@H](CCO)O[C@H]1CCc1cccc(N2CCNCC2=O)c1. The molecule has 0 aliphatic carbocycles. The highest BCUT2D eigenvalue weighted by molar-refractivity contribution is 6.71. The lowest BCUT2D eigenvalue weighted by Gasteiger charge is -2.30. The van der Waals surface area contributed by atoms with Crippen LogP contribution in [0.25, 0.3) is 0 Å². The lowest BCUT2D eigenvalue weighted by molar-refractivity contribution is -0.118. The number of benzene rings is 1. The van der Waals surface area contributed by atoms with Crippen LogP contribution in [0.4, 0.5) is 5.69 Å². The quantitative estimate of drug-likeness (QED) is 0.603. The molecule has 156 valence electrons. The second-order valence-electron chi connectivity index (χ2n) is 8.69. The molecule has 2 aliphatic rings. The van der Waals surface area contributed by atoms with E-state index in [1.807, 2.05) is 30.1 Å². The molecule has 1 aromatic rings. The number of aliphatic hydroxyl groups is 1. The summed E-state index contributed by atoms with van der Waals surface area (Å²) in [6.45, 7) is 8.12. The number of amides is 1. The molecule has 0 spiro atoms. The first-order valence-corrected chi connectivity index (χ1v) is 13.4. The van der Waals surface area contributed by atoms with Crippen LogP contribution in [0.15, 0.2) is 24.3 Å². The van der Waals surface area contributed by atoms with E-state index in [1.165, 1.54) is 5.56 Å². The maximum absolute atomic E-state index is 12.1. The van der Waals surface area contributed by atoms with Crippen molar-refractivity contribution < 1.29 is 19.4 Å². The Hall–Kier alpha value is -1.25.